The number of phenols is 1. The highest BCUT2D eigenvalue weighted by atomic mass is 32.2. The fraction of sp³-hybridized carbons (Fsp3) is 0.200. The lowest BCUT2D eigenvalue weighted by atomic mass is 9.87. The van der Waals surface area contributed by atoms with Gasteiger partial charge in [-0.05, 0) is 47.0 Å². The van der Waals surface area contributed by atoms with E-state index < -0.39 is 0 Å². The first-order valence-electron chi connectivity index (χ1n) is 6.25. The molecule has 2 aromatic carbocycles. The van der Waals surface area contributed by atoms with Crippen molar-refractivity contribution in [2.75, 3.05) is 13.2 Å². The molecule has 0 bridgehead atoms. The molecule has 0 radical (unpaired) electrons. The van der Waals surface area contributed by atoms with Crippen LogP contribution in [0.4, 0.5) is 4.53 Å². The topological polar surface area (TPSA) is 38.7 Å². The third kappa shape index (κ3) is 1.57. The number of phenolic OH excluding ortho intramolecular Hbond substituents is 1. The van der Waals surface area contributed by atoms with Crippen molar-refractivity contribution < 1.29 is 19.3 Å². The average Bonchev–Trinajstić information content (AvgIpc) is 2.43. The maximum absolute atomic E-state index is 12.4. The Morgan fingerprint density at radius 2 is 1.95 bits per heavy atom. The van der Waals surface area contributed by atoms with Crippen LogP contribution in [0.5, 0.6) is 11.5 Å². The molecule has 3 nitrogen and oxygen atoms in total. The monoisotopic (exact) mass is 290 g/mol. The van der Waals surface area contributed by atoms with Crippen LogP contribution in [0.2, 0.25) is 0 Å². The van der Waals surface area contributed by atoms with E-state index in [1.165, 1.54) is 0 Å². The van der Waals surface area contributed by atoms with Gasteiger partial charge in [-0.3, -0.25) is 4.94 Å². The van der Waals surface area contributed by atoms with Crippen LogP contribution in [0.25, 0.3) is 11.1 Å². The maximum Gasteiger partial charge on any atom is 0.172 e. The molecule has 5 heteroatoms. The van der Waals surface area contributed by atoms with Crippen LogP contribution >= 0.6 is 11.8 Å². The van der Waals surface area contributed by atoms with Crippen LogP contribution in [-0.4, -0.2) is 18.3 Å². The molecule has 2 aromatic rings. The Balaban J connectivity index is 1.97. The van der Waals surface area contributed by atoms with Crippen molar-refractivity contribution in [2.24, 2.45) is 0 Å². The van der Waals surface area contributed by atoms with Crippen molar-refractivity contribution in [3.05, 3.63) is 42.0 Å². The second kappa shape index (κ2) is 4.14. The van der Waals surface area contributed by atoms with Gasteiger partial charge in [-0.25, -0.2) is 0 Å². The molecule has 20 heavy (non-hydrogen) atoms. The smallest absolute Gasteiger partial charge is 0.172 e. The highest BCUT2D eigenvalue weighted by molar-refractivity contribution is 8.00. The summed E-state index contributed by atoms with van der Waals surface area (Å²) in [6.07, 6.45) is 0. The van der Waals surface area contributed by atoms with Crippen LogP contribution in [0.15, 0.2) is 41.3 Å². The average molecular weight is 290 g/mol. The summed E-state index contributed by atoms with van der Waals surface area (Å²) in [7, 11) is 0. The van der Waals surface area contributed by atoms with Gasteiger partial charge in [0.25, 0.3) is 0 Å². The third-order valence-corrected chi connectivity index (χ3v) is 5.21. The summed E-state index contributed by atoms with van der Waals surface area (Å²) in [4.78, 5) is 4.88. The lowest BCUT2D eigenvalue weighted by Gasteiger charge is -2.45. The molecule has 0 aromatic heterocycles. The van der Waals surface area contributed by atoms with Gasteiger partial charge in [-0.15, -0.1) is 11.8 Å². The zero-order chi connectivity index (χ0) is 13.7. The van der Waals surface area contributed by atoms with Crippen LogP contribution in [0.1, 0.15) is 5.56 Å². The van der Waals surface area contributed by atoms with Crippen molar-refractivity contribution in [3.63, 3.8) is 0 Å². The highest BCUT2D eigenvalue weighted by Gasteiger charge is 2.46. The van der Waals surface area contributed by atoms with Gasteiger partial charge in [-0.1, -0.05) is 6.07 Å². The number of aromatic hydroxyl groups is 1. The predicted octanol–water partition coefficient (Wildman–Crippen LogP) is 3.65. The van der Waals surface area contributed by atoms with Gasteiger partial charge in [-0.2, -0.15) is 0 Å². The minimum absolute atomic E-state index is 0.204. The first-order chi connectivity index (χ1) is 9.72. The number of ether oxygens (including phenoxy) is 1. The van der Waals surface area contributed by atoms with Gasteiger partial charge >= 0.3 is 0 Å². The molecule has 0 atom stereocenters. The van der Waals surface area contributed by atoms with Crippen LogP contribution in [0.3, 0.4) is 0 Å². The number of rotatable bonds is 1. The number of thioether (sulfide) groups is 1. The summed E-state index contributed by atoms with van der Waals surface area (Å²) in [6, 6.07) is 10.5. The summed E-state index contributed by atoms with van der Waals surface area (Å²) in [5.41, 5.74) is 3.12. The molecule has 4 rings (SSSR count). The molecule has 0 aliphatic carbocycles. The predicted molar refractivity (Wildman–Crippen MR) is 73.6 cm³/mol. The van der Waals surface area contributed by atoms with Gasteiger partial charge in [0.1, 0.15) is 5.75 Å². The van der Waals surface area contributed by atoms with Gasteiger partial charge < -0.3 is 9.84 Å². The first-order valence-corrected chi connectivity index (χ1v) is 7.07. The van der Waals surface area contributed by atoms with Gasteiger partial charge in [0.15, 0.2) is 5.75 Å². The summed E-state index contributed by atoms with van der Waals surface area (Å²) in [6.45, 7) is 1.16. The van der Waals surface area contributed by atoms with Crippen molar-refractivity contribution >= 4 is 11.8 Å². The molecule has 0 unspecified atom stereocenters. The molecule has 1 spiro atoms. The zero-order valence-corrected chi connectivity index (χ0v) is 11.2. The van der Waals surface area contributed by atoms with E-state index in [9.17, 15) is 9.63 Å². The molecule has 1 saturated heterocycles. The number of hydrogen-bond donors (Lipinski definition) is 1. The van der Waals surface area contributed by atoms with E-state index in [1.807, 2.05) is 12.1 Å². The molecule has 2 aliphatic heterocycles. The summed E-state index contributed by atoms with van der Waals surface area (Å²) >= 11 is 1.66. The summed E-state index contributed by atoms with van der Waals surface area (Å²) in [5, 5.41) is 9.67. The number of fused-ring (bicyclic) bond motifs is 4. The number of halogens is 1. The lowest BCUT2D eigenvalue weighted by molar-refractivity contribution is -0.0143. The Hall–Kier alpha value is -1.72. The minimum Gasteiger partial charge on any atom is -0.508 e. The standard InChI is InChI=1S/C15H11FO3S/c16-19-10-2-4-11-12-3-1-9(17)5-14(12)20-15(7-18-8-15)13(11)6-10/h1-6,17H,7-8H2. The van der Waals surface area contributed by atoms with Crippen molar-refractivity contribution in [3.8, 4) is 22.6 Å². The normalized spacial score (nSPS) is 18.1. The van der Waals surface area contributed by atoms with Crippen molar-refractivity contribution in [2.45, 2.75) is 9.64 Å². The highest BCUT2D eigenvalue weighted by Crippen LogP contribution is 2.57. The molecule has 102 valence electrons. The Kier molecular flexibility index (Phi) is 2.49. The van der Waals surface area contributed by atoms with E-state index >= 15 is 0 Å². The van der Waals surface area contributed by atoms with E-state index in [0.29, 0.717) is 13.2 Å². The second-order valence-electron chi connectivity index (χ2n) is 5.05. The summed E-state index contributed by atoms with van der Waals surface area (Å²) < 4.78 is 17.6. The quantitative estimate of drug-likeness (QED) is 0.870. The molecular formula is C15H11FO3S. The largest absolute Gasteiger partial charge is 0.508 e. The Bertz CT molecular complexity index is 698. The summed E-state index contributed by atoms with van der Waals surface area (Å²) in [5.74, 6) is 0.455. The number of benzene rings is 2. The van der Waals surface area contributed by atoms with Crippen LogP contribution in [-0.2, 0) is 9.48 Å². The maximum atomic E-state index is 12.4. The molecular weight excluding hydrogens is 279 g/mol. The fourth-order valence-electron chi connectivity index (χ4n) is 2.77. The third-order valence-electron chi connectivity index (χ3n) is 3.80. The molecule has 2 heterocycles. The first kappa shape index (κ1) is 12.1. The Morgan fingerprint density at radius 3 is 2.65 bits per heavy atom. The van der Waals surface area contributed by atoms with E-state index in [4.69, 9.17) is 4.74 Å². The second-order valence-corrected chi connectivity index (χ2v) is 6.48. The molecule has 0 amide bonds. The fourth-order valence-corrected chi connectivity index (χ4v) is 4.22. The van der Waals surface area contributed by atoms with Crippen LogP contribution in [0, 0.1) is 0 Å². The van der Waals surface area contributed by atoms with Crippen molar-refractivity contribution in [1.82, 2.24) is 0 Å². The minimum atomic E-state index is -0.204. The molecule has 2 aliphatic rings. The molecule has 1 N–H and O–H groups in total. The molecule has 0 saturated carbocycles. The van der Waals surface area contributed by atoms with Gasteiger partial charge in [0, 0.05) is 9.42 Å². The van der Waals surface area contributed by atoms with Crippen LogP contribution < -0.4 is 4.94 Å². The van der Waals surface area contributed by atoms with E-state index in [-0.39, 0.29) is 16.2 Å². The van der Waals surface area contributed by atoms with Crippen molar-refractivity contribution in [1.29, 1.82) is 0 Å². The SMILES string of the molecule is Oc1ccc2c(c1)SC1(COC1)c1cc(OF)ccc1-2. The molecule has 1 fully saturated rings. The van der Waals surface area contributed by atoms with Gasteiger partial charge in [0.05, 0.1) is 18.0 Å². The zero-order valence-electron chi connectivity index (χ0n) is 10.4. The van der Waals surface area contributed by atoms with E-state index in [0.717, 1.165) is 21.6 Å². The number of hydrogen-bond acceptors (Lipinski definition) is 4. The van der Waals surface area contributed by atoms with E-state index in [2.05, 4.69) is 4.94 Å². The Morgan fingerprint density at radius 1 is 1.15 bits per heavy atom. The lowest BCUT2D eigenvalue weighted by Crippen LogP contribution is -2.45. The van der Waals surface area contributed by atoms with E-state index in [1.54, 1.807) is 36.0 Å². The Labute approximate surface area is 119 Å². The van der Waals surface area contributed by atoms with Gasteiger partial charge in [0.2, 0.25) is 0 Å².